The summed E-state index contributed by atoms with van der Waals surface area (Å²) in [5.41, 5.74) is 0. The van der Waals surface area contributed by atoms with Gasteiger partial charge in [0.2, 0.25) is 0 Å². The van der Waals surface area contributed by atoms with E-state index in [0.29, 0.717) is 5.92 Å². The summed E-state index contributed by atoms with van der Waals surface area (Å²) in [5, 5.41) is 0.935. The average Bonchev–Trinajstić information content (AvgIpc) is 1.64. The van der Waals surface area contributed by atoms with Gasteiger partial charge in [-0.1, -0.05) is 0 Å². The molecule has 0 aliphatic heterocycles. The Bertz CT molecular complexity index is 101. The number of rotatable bonds is 1. The zero-order chi connectivity index (χ0) is 6.73. The van der Waals surface area contributed by atoms with Gasteiger partial charge >= 0.3 is 63.8 Å². The fourth-order valence-electron chi connectivity index (χ4n) is 0.407. The zero-order valence-electron chi connectivity index (χ0n) is 5.36. The molecule has 0 spiro atoms. The van der Waals surface area contributed by atoms with Crippen LogP contribution in [0.15, 0.2) is 9.50 Å². The summed E-state index contributed by atoms with van der Waals surface area (Å²) in [5.74, 6) is 0.456. The van der Waals surface area contributed by atoms with Gasteiger partial charge in [-0.25, -0.2) is 0 Å². The molecule has 0 aliphatic carbocycles. The topological polar surface area (TPSA) is 0 Å². The summed E-state index contributed by atoms with van der Waals surface area (Å²) in [6.07, 6.45) is 0. The van der Waals surface area contributed by atoms with E-state index in [9.17, 15) is 0 Å². The van der Waals surface area contributed by atoms with Gasteiger partial charge in [0.25, 0.3) is 0 Å². The molecular formula is C6H10ClSe. The van der Waals surface area contributed by atoms with Gasteiger partial charge in [0.1, 0.15) is 0 Å². The molecule has 0 aromatic carbocycles. The molecule has 0 rings (SSSR count). The number of halogens is 1. The second-order valence-corrected chi connectivity index (χ2v) is 3.75. The molecule has 0 saturated carbocycles. The predicted molar refractivity (Wildman–Crippen MR) is 39.1 cm³/mol. The van der Waals surface area contributed by atoms with Crippen molar-refractivity contribution in [3.63, 3.8) is 0 Å². The van der Waals surface area contributed by atoms with Gasteiger partial charge in [0, 0.05) is 0 Å². The van der Waals surface area contributed by atoms with Crippen LogP contribution in [-0.4, -0.2) is 16.0 Å². The van der Waals surface area contributed by atoms with Crippen molar-refractivity contribution in [3.05, 3.63) is 9.50 Å². The van der Waals surface area contributed by atoms with Gasteiger partial charge < -0.3 is 0 Å². The Balaban J connectivity index is 4.00. The first kappa shape index (κ1) is 8.55. The molecule has 2 heteroatoms. The molecule has 0 aromatic rings. The maximum absolute atomic E-state index is 5.80. The molecule has 0 saturated heterocycles. The van der Waals surface area contributed by atoms with Crippen LogP contribution in [0.5, 0.6) is 0 Å². The third-order valence-electron chi connectivity index (χ3n) is 0.843. The van der Waals surface area contributed by atoms with Crippen LogP contribution in [0.3, 0.4) is 0 Å². The minimum absolute atomic E-state index is 0.456. The first-order chi connectivity index (χ1) is 3.55. The van der Waals surface area contributed by atoms with Crippen LogP contribution in [0, 0.1) is 5.92 Å². The van der Waals surface area contributed by atoms with Crippen molar-refractivity contribution in [1.82, 2.24) is 0 Å². The minimum atomic E-state index is 0.456. The molecule has 0 unspecified atom stereocenters. The van der Waals surface area contributed by atoms with Crippen LogP contribution in [0.2, 0.25) is 0 Å². The Labute approximate surface area is 64.1 Å². The molecule has 0 heterocycles. The first-order valence-corrected chi connectivity index (χ1v) is 3.82. The van der Waals surface area contributed by atoms with E-state index in [1.807, 2.05) is 6.92 Å². The van der Waals surface area contributed by atoms with E-state index in [0.717, 1.165) is 9.50 Å². The van der Waals surface area contributed by atoms with Crippen molar-refractivity contribution < 1.29 is 0 Å². The van der Waals surface area contributed by atoms with Gasteiger partial charge in [-0.05, 0) is 0 Å². The summed E-state index contributed by atoms with van der Waals surface area (Å²) in [4.78, 5) is 0. The van der Waals surface area contributed by atoms with E-state index >= 15 is 0 Å². The number of hydrogen-bond donors (Lipinski definition) is 0. The second kappa shape index (κ2) is 3.55. The third-order valence-corrected chi connectivity index (χ3v) is 2.28. The summed E-state index contributed by atoms with van der Waals surface area (Å²) >= 11 is 8.67. The molecule has 0 bridgehead atoms. The monoisotopic (exact) mass is 197 g/mol. The van der Waals surface area contributed by atoms with Gasteiger partial charge in [-0.3, -0.25) is 0 Å². The van der Waals surface area contributed by atoms with Crippen LogP contribution >= 0.6 is 11.6 Å². The quantitative estimate of drug-likeness (QED) is 0.565. The van der Waals surface area contributed by atoms with Crippen molar-refractivity contribution in [2.24, 2.45) is 5.92 Å². The Morgan fingerprint density at radius 2 is 1.88 bits per heavy atom. The molecule has 0 aromatic heterocycles. The molecule has 0 nitrogen and oxygen atoms in total. The molecule has 0 fully saturated rings. The van der Waals surface area contributed by atoms with Crippen molar-refractivity contribution >= 4 is 27.6 Å². The molecule has 1 radical (unpaired) electrons. The van der Waals surface area contributed by atoms with E-state index in [1.54, 1.807) is 0 Å². The number of hydrogen-bond acceptors (Lipinski definition) is 0. The third kappa shape index (κ3) is 2.76. The van der Waals surface area contributed by atoms with Crippen molar-refractivity contribution in [2.45, 2.75) is 20.8 Å². The maximum atomic E-state index is 5.80. The van der Waals surface area contributed by atoms with E-state index < -0.39 is 0 Å². The molecule has 0 aliphatic rings. The van der Waals surface area contributed by atoms with Gasteiger partial charge in [-0.2, -0.15) is 0 Å². The van der Waals surface area contributed by atoms with Gasteiger partial charge in [-0.15, -0.1) is 0 Å². The van der Waals surface area contributed by atoms with Crippen molar-refractivity contribution in [1.29, 1.82) is 0 Å². The molecule has 0 N–H and O–H groups in total. The zero-order valence-corrected chi connectivity index (χ0v) is 7.83. The molecule has 0 amide bonds. The summed E-state index contributed by atoms with van der Waals surface area (Å²) in [6.45, 7) is 6.12. The predicted octanol–water partition coefficient (Wildman–Crippen LogP) is 2.28. The van der Waals surface area contributed by atoms with Gasteiger partial charge in [0.05, 0.1) is 0 Å². The average molecular weight is 197 g/mol. The van der Waals surface area contributed by atoms with Crippen LogP contribution in [0.1, 0.15) is 20.8 Å². The first-order valence-electron chi connectivity index (χ1n) is 2.59. The Morgan fingerprint density at radius 1 is 1.50 bits per heavy atom. The fourth-order valence-corrected chi connectivity index (χ4v) is 0.901. The SMILES string of the molecule is C/C([Se])=C(/Cl)C(C)C. The van der Waals surface area contributed by atoms with Crippen LogP contribution < -0.4 is 0 Å². The van der Waals surface area contributed by atoms with E-state index in [-0.39, 0.29) is 0 Å². The number of allylic oxidation sites excluding steroid dienone is 2. The van der Waals surface area contributed by atoms with Crippen molar-refractivity contribution in [2.75, 3.05) is 0 Å². The normalized spacial score (nSPS) is 14.1. The second-order valence-electron chi connectivity index (χ2n) is 2.06. The van der Waals surface area contributed by atoms with Gasteiger partial charge in [0.15, 0.2) is 0 Å². The van der Waals surface area contributed by atoms with Crippen LogP contribution in [0.25, 0.3) is 0 Å². The Kier molecular flexibility index (Phi) is 3.80. The van der Waals surface area contributed by atoms with Crippen LogP contribution in [-0.2, 0) is 0 Å². The Morgan fingerprint density at radius 3 is 1.88 bits per heavy atom. The van der Waals surface area contributed by atoms with Crippen molar-refractivity contribution in [3.8, 4) is 0 Å². The Hall–Kier alpha value is 0.549. The molecule has 8 heavy (non-hydrogen) atoms. The van der Waals surface area contributed by atoms with E-state index in [1.165, 1.54) is 0 Å². The standard InChI is InChI=1S/C6H10ClSe/c1-4(2)6(7)5(3)8/h4H,1-3H3/b6-5-. The molecular weight excluding hydrogens is 186 g/mol. The molecule has 0 atom stereocenters. The van der Waals surface area contributed by atoms with E-state index in [2.05, 4.69) is 29.9 Å². The van der Waals surface area contributed by atoms with Crippen LogP contribution in [0.4, 0.5) is 0 Å². The fraction of sp³-hybridized carbons (Fsp3) is 0.667. The summed E-state index contributed by atoms with van der Waals surface area (Å²) in [7, 11) is 0. The van der Waals surface area contributed by atoms with E-state index in [4.69, 9.17) is 11.6 Å². The summed E-state index contributed by atoms with van der Waals surface area (Å²) in [6, 6.07) is 0. The molecule has 47 valence electrons. The summed E-state index contributed by atoms with van der Waals surface area (Å²) < 4.78 is 1.10.